The van der Waals surface area contributed by atoms with Crippen molar-refractivity contribution < 1.29 is 8.42 Å². The molecule has 1 aromatic carbocycles. The zero-order valence-electron chi connectivity index (χ0n) is 10.9. The predicted molar refractivity (Wildman–Crippen MR) is 78.3 cm³/mol. The molecule has 5 nitrogen and oxygen atoms in total. The SMILES string of the molecule is O=S(=O)(NCCn1cccn1)c1ccc(CCCl)cc1. The minimum absolute atomic E-state index is 0.260. The average molecular weight is 314 g/mol. The number of nitrogens with one attached hydrogen (secondary N) is 1. The van der Waals surface area contributed by atoms with Crippen LogP contribution >= 0.6 is 11.6 Å². The van der Waals surface area contributed by atoms with E-state index in [2.05, 4.69) is 9.82 Å². The number of alkyl halides is 1. The highest BCUT2D eigenvalue weighted by Crippen LogP contribution is 2.11. The molecule has 2 rings (SSSR count). The highest BCUT2D eigenvalue weighted by atomic mass is 35.5. The number of hydrogen-bond donors (Lipinski definition) is 1. The third kappa shape index (κ3) is 4.06. The first kappa shape index (κ1) is 15.0. The van der Waals surface area contributed by atoms with Gasteiger partial charge in [-0.2, -0.15) is 5.10 Å². The molecule has 0 saturated heterocycles. The van der Waals surface area contributed by atoms with Crippen LogP contribution in [0.3, 0.4) is 0 Å². The molecule has 7 heteroatoms. The summed E-state index contributed by atoms with van der Waals surface area (Å²) in [5.41, 5.74) is 1.02. The second kappa shape index (κ2) is 6.88. The standard InChI is InChI=1S/C13H16ClN3O2S/c14-7-6-12-2-4-13(5-3-12)20(18,19)16-9-11-17-10-1-8-15-17/h1-5,8,10,16H,6-7,9,11H2. The molecule has 0 aliphatic carbocycles. The summed E-state index contributed by atoms with van der Waals surface area (Å²) in [6.07, 6.45) is 4.17. The molecule has 1 aromatic heterocycles. The van der Waals surface area contributed by atoms with Gasteiger partial charge in [-0.25, -0.2) is 13.1 Å². The van der Waals surface area contributed by atoms with E-state index in [1.165, 1.54) is 0 Å². The Labute approximate surface area is 123 Å². The van der Waals surface area contributed by atoms with Gasteiger partial charge in [0.2, 0.25) is 10.0 Å². The molecule has 2 aromatic rings. The van der Waals surface area contributed by atoms with E-state index in [4.69, 9.17) is 11.6 Å². The predicted octanol–water partition coefficient (Wildman–Crippen LogP) is 1.64. The van der Waals surface area contributed by atoms with E-state index in [1.54, 1.807) is 47.4 Å². The quantitative estimate of drug-likeness (QED) is 0.790. The molecule has 1 heterocycles. The molecule has 0 saturated carbocycles. The van der Waals surface area contributed by atoms with Crippen molar-refractivity contribution >= 4 is 21.6 Å². The number of benzene rings is 1. The first-order valence-corrected chi connectivity index (χ1v) is 8.25. The molecular formula is C13H16ClN3O2S. The van der Waals surface area contributed by atoms with E-state index >= 15 is 0 Å². The number of rotatable bonds is 7. The second-order valence-corrected chi connectivity index (χ2v) is 6.39. The lowest BCUT2D eigenvalue weighted by Crippen LogP contribution is -2.27. The van der Waals surface area contributed by atoms with Crippen molar-refractivity contribution in [3.8, 4) is 0 Å². The van der Waals surface area contributed by atoms with Crippen molar-refractivity contribution in [2.45, 2.75) is 17.9 Å². The van der Waals surface area contributed by atoms with Crippen LogP contribution < -0.4 is 4.72 Å². The summed E-state index contributed by atoms with van der Waals surface area (Å²) in [6, 6.07) is 8.55. The molecule has 108 valence electrons. The number of hydrogen-bond acceptors (Lipinski definition) is 3. The van der Waals surface area contributed by atoms with Crippen LogP contribution in [0.2, 0.25) is 0 Å². The number of nitrogens with zero attached hydrogens (tertiary/aromatic N) is 2. The van der Waals surface area contributed by atoms with Gasteiger partial charge >= 0.3 is 0 Å². The van der Waals surface area contributed by atoms with Gasteiger partial charge in [-0.15, -0.1) is 11.6 Å². The van der Waals surface area contributed by atoms with Crippen molar-refractivity contribution in [2.24, 2.45) is 0 Å². The Balaban J connectivity index is 1.95. The molecule has 0 bridgehead atoms. The van der Waals surface area contributed by atoms with Crippen molar-refractivity contribution in [3.05, 3.63) is 48.3 Å². The van der Waals surface area contributed by atoms with Crippen LogP contribution in [0, 0.1) is 0 Å². The van der Waals surface area contributed by atoms with Gasteiger partial charge < -0.3 is 0 Å². The maximum atomic E-state index is 12.1. The summed E-state index contributed by atoms with van der Waals surface area (Å²) in [6.45, 7) is 0.796. The summed E-state index contributed by atoms with van der Waals surface area (Å²) < 4.78 is 28.3. The number of aromatic nitrogens is 2. The maximum Gasteiger partial charge on any atom is 0.240 e. The lowest BCUT2D eigenvalue weighted by Gasteiger charge is -2.07. The van der Waals surface area contributed by atoms with E-state index < -0.39 is 10.0 Å². The van der Waals surface area contributed by atoms with Crippen molar-refractivity contribution in [1.82, 2.24) is 14.5 Å². The largest absolute Gasteiger partial charge is 0.271 e. The van der Waals surface area contributed by atoms with Gasteiger partial charge in [0.15, 0.2) is 0 Å². The fourth-order valence-electron chi connectivity index (χ4n) is 1.75. The summed E-state index contributed by atoms with van der Waals surface area (Å²) in [7, 11) is -3.47. The molecule has 0 spiro atoms. The van der Waals surface area contributed by atoms with Gasteiger partial charge in [-0.3, -0.25) is 4.68 Å². The molecular weight excluding hydrogens is 298 g/mol. The van der Waals surface area contributed by atoms with Crippen LogP contribution in [0.15, 0.2) is 47.6 Å². The van der Waals surface area contributed by atoms with Gasteiger partial charge in [0.1, 0.15) is 0 Å². The summed E-state index contributed by atoms with van der Waals surface area (Å²) in [5, 5.41) is 4.01. The van der Waals surface area contributed by atoms with Gasteiger partial charge in [0.05, 0.1) is 11.4 Å². The van der Waals surface area contributed by atoms with Crippen LogP contribution in [0.25, 0.3) is 0 Å². The Morgan fingerprint density at radius 1 is 1.25 bits per heavy atom. The van der Waals surface area contributed by atoms with E-state index in [1.807, 2.05) is 0 Å². The highest BCUT2D eigenvalue weighted by molar-refractivity contribution is 7.89. The van der Waals surface area contributed by atoms with Gasteiger partial charge in [0, 0.05) is 24.8 Å². The van der Waals surface area contributed by atoms with E-state index in [0.29, 0.717) is 19.0 Å². The van der Waals surface area contributed by atoms with Crippen LogP contribution in [-0.2, 0) is 23.0 Å². The van der Waals surface area contributed by atoms with Gasteiger partial charge in [-0.05, 0) is 30.2 Å². The number of aryl methyl sites for hydroxylation is 1. The van der Waals surface area contributed by atoms with Crippen molar-refractivity contribution in [3.63, 3.8) is 0 Å². The molecule has 0 radical (unpaired) electrons. The van der Waals surface area contributed by atoms with E-state index in [-0.39, 0.29) is 4.90 Å². The minimum atomic E-state index is -3.47. The van der Waals surface area contributed by atoms with Crippen LogP contribution in [-0.4, -0.2) is 30.6 Å². The lowest BCUT2D eigenvalue weighted by molar-refractivity contribution is 0.561. The van der Waals surface area contributed by atoms with E-state index in [0.717, 1.165) is 12.0 Å². The molecule has 0 amide bonds. The minimum Gasteiger partial charge on any atom is -0.271 e. The van der Waals surface area contributed by atoms with Crippen LogP contribution in [0.4, 0.5) is 0 Å². The number of sulfonamides is 1. The Hall–Kier alpha value is -1.37. The van der Waals surface area contributed by atoms with Crippen molar-refractivity contribution in [2.75, 3.05) is 12.4 Å². The molecule has 0 aliphatic heterocycles. The van der Waals surface area contributed by atoms with Gasteiger partial charge in [-0.1, -0.05) is 12.1 Å². The van der Waals surface area contributed by atoms with Gasteiger partial charge in [0.25, 0.3) is 0 Å². The average Bonchev–Trinajstić information content (AvgIpc) is 2.93. The maximum absolute atomic E-state index is 12.1. The normalized spacial score (nSPS) is 11.7. The van der Waals surface area contributed by atoms with Crippen LogP contribution in [0.5, 0.6) is 0 Å². The third-order valence-electron chi connectivity index (χ3n) is 2.81. The molecule has 0 atom stereocenters. The Morgan fingerprint density at radius 3 is 2.60 bits per heavy atom. The fraction of sp³-hybridized carbons (Fsp3) is 0.308. The smallest absolute Gasteiger partial charge is 0.240 e. The molecule has 0 unspecified atom stereocenters. The number of halogens is 1. The Bertz CT molecular complexity index is 624. The highest BCUT2D eigenvalue weighted by Gasteiger charge is 2.12. The summed E-state index contributed by atoms with van der Waals surface area (Å²) in [5.74, 6) is 0.522. The fourth-order valence-corrected chi connectivity index (χ4v) is 2.99. The Kier molecular flexibility index (Phi) is 5.17. The van der Waals surface area contributed by atoms with E-state index in [9.17, 15) is 8.42 Å². The topological polar surface area (TPSA) is 64.0 Å². The zero-order valence-corrected chi connectivity index (χ0v) is 12.4. The molecule has 0 fully saturated rings. The summed E-state index contributed by atoms with van der Waals surface area (Å²) in [4.78, 5) is 0.260. The summed E-state index contributed by atoms with van der Waals surface area (Å²) >= 11 is 5.64. The third-order valence-corrected chi connectivity index (χ3v) is 4.47. The molecule has 0 aliphatic rings. The monoisotopic (exact) mass is 313 g/mol. The first-order chi connectivity index (χ1) is 9.62. The van der Waals surface area contributed by atoms with Crippen LogP contribution in [0.1, 0.15) is 5.56 Å². The zero-order chi connectivity index (χ0) is 14.4. The lowest BCUT2D eigenvalue weighted by atomic mass is 10.2. The Morgan fingerprint density at radius 2 is 2.00 bits per heavy atom. The molecule has 1 N–H and O–H groups in total. The second-order valence-electron chi connectivity index (χ2n) is 4.25. The first-order valence-electron chi connectivity index (χ1n) is 6.24. The molecule has 20 heavy (non-hydrogen) atoms. The van der Waals surface area contributed by atoms with Crippen molar-refractivity contribution in [1.29, 1.82) is 0 Å².